The molecule has 2 aliphatic heterocycles. The molecule has 47 heavy (non-hydrogen) atoms. The fraction of sp³-hybridized carbons (Fsp3) is 0.647. The summed E-state index contributed by atoms with van der Waals surface area (Å²) in [5.74, 6) is -2.30. The minimum Gasteiger partial charge on any atom is -0.481 e. The van der Waals surface area contributed by atoms with Crippen LogP contribution in [-0.2, 0) is 56.5 Å². The average Bonchev–Trinajstić information content (AvgIpc) is 3.30. The van der Waals surface area contributed by atoms with Crippen LogP contribution in [0.15, 0.2) is 24.0 Å². The van der Waals surface area contributed by atoms with E-state index < -0.39 is 71.0 Å². The van der Waals surface area contributed by atoms with Crippen LogP contribution in [0, 0.1) is 0 Å². The first-order chi connectivity index (χ1) is 21.8. The number of nitrogens with zero attached hydrogens (tertiary/aromatic N) is 1. The van der Waals surface area contributed by atoms with Gasteiger partial charge in [-0.1, -0.05) is 12.1 Å². The van der Waals surface area contributed by atoms with E-state index >= 15 is 0 Å². The second-order valence-corrected chi connectivity index (χ2v) is 14.8. The molecule has 1 spiro atoms. The number of carbonyl (C=O) groups is 4. The van der Waals surface area contributed by atoms with Gasteiger partial charge in [-0.05, 0) is 86.5 Å². The van der Waals surface area contributed by atoms with E-state index in [-0.39, 0.29) is 24.8 Å². The Morgan fingerprint density at radius 2 is 1.72 bits per heavy atom. The Bertz CT molecular complexity index is 1460. The maximum absolute atomic E-state index is 13.4. The van der Waals surface area contributed by atoms with Crippen molar-refractivity contribution in [3.05, 3.63) is 40.7 Å². The second kappa shape index (κ2) is 12.1. The summed E-state index contributed by atoms with van der Waals surface area (Å²) in [4.78, 5) is 53.7. The third kappa shape index (κ3) is 6.32. The summed E-state index contributed by atoms with van der Waals surface area (Å²) in [6.07, 6.45) is -3.08. The van der Waals surface area contributed by atoms with Crippen molar-refractivity contribution in [1.29, 1.82) is 0 Å². The predicted molar refractivity (Wildman–Crippen MR) is 164 cm³/mol. The van der Waals surface area contributed by atoms with Crippen molar-refractivity contribution in [2.24, 2.45) is 0 Å². The number of hydrogen-bond acceptors (Lipinski definition) is 13. The van der Waals surface area contributed by atoms with Crippen LogP contribution in [0.2, 0.25) is 0 Å². The molecule has 0 saturated carbocycles. The van der Waals surface area contributed by atoms with E-state index in [1.807, 2.05) is 19.2 Å². The molecule has 2 heterocycles. The molecule has 0 amide bonds. The fourth-order valence-electron chi connectivity index (χ4n) is 7.23. The molecule has 2 N–H and O–H groups in total. The number of aliphatic hydroxyl groups excluding tert-OH is 1. The molecule has 1 aromatic rings. The van der Waals surface area contributed by atoms with Gasteiger partial charge in [0.05, 0.1) is 24.0 Å². The van der Waals surface area contributed by atoms with Gasteiger partial charge >= 0.3 is 24.1 Å². The van der Waals surface area contributed by atoms with E-state index in [4.69, 9.17) is 28.4 Å². The third-order valence-corrected chi connectivity index (χ3v) is 9.13. The number of ether oxygens (including phenoxy) is 6. The monoisotopic (exact) mass is 659 g/mol. The molecule has 0 radical (unpaired) electrons. The smallest absolute Gasteiger partial charge is 0.481 e. The normalized spacial score (nSPS) is 27.3. The first-order valence-corrected chi connectivity index (χ1v) is 15.9. The van der Waals surface area contributed by atoms with Gasteiger partial charge in [-0.3, -0.25) is 4.79 Å². The fourth-order valence-corrected chi connectivity index (χ4v) is 7.23. The number of esters is 3. The van der Waals surface area contributed by atoms with E-state index in [1.54, 1.807) is 47.6 Å². The van der Waals surface area contributed by atoms with Crippen molar-refractivity contribution in [2.45, 2.75) is 127 Å². The highest BCUT2D eigenvalue weighted by Crippen LogP contribution is 2.64. The van der Waals surface area contributed by atoms with Gasteiger partial charge in [-0.2, -0.15) is 0 Å². The van der Waals surface area contributed by atoms with Gasteiger partial charge in [-0.15, -0.1) is 0 Å². The lowest BCUT2D eigenvalue weighted by molar-refractivity contribution is -0.180. The lowest BCUT2D eigenvalue weighted by Gasteiger charge is -2.61. The van der Waals surface area contributed by atoms with Crippen LogP contribution in [0.5, 0.6) is 5.75 Å². The van der Waals surface area contributed by atoms with Gasteiger partial charge in [0.1, 0.15) is 22.7 Å². The summed E-state index contributed by atoms with van der Waals surface area (Å²) in [6.45, 7) is 11.4. The van der Waals surface area contributed by atoms with Gasteiger partial charge < -0.3 is 43.5 Å². The second-order valence-electron chi connectivity index (χ2n) is 14.8. The third-order valence-electron chi connectivity index (χ3n) is 9.13. The van der Waals surface area contributed by atoms with Crippen molar-refractivity contribution in [1.82, 2.24) is 4.90 Å². The minimum absolute atomic E-state index is 0.161. The van der Waals surface area contributed by atoms with Crippen LogP contribution >= 0.6 is 0 Å². The minimum atomic E-state index is -1.76. The number of piperidine rings is 1. The topological polar surface area (TPSA) is 167 Å². The Balaban J connectivity index is 1.35. The zero-order chi connectivity index (χ0) is 34.7. The van der Waals surface area contributed by atoms with Gasteiger partial charge in [0.2, 0.25) is 6.10 Å². The van der Waals surface area contributed by atoms with Gasteiger partial charge in [0.25, 0.3) is 0 Å². The molecular formula is C34H45NO12. The molecule has 6 atom stereocenters. The Morgan fingerprint density at radius 3 is 2.36 bits per heavy atom. The highest BCUT2D eigenvalue weighted by atomic mass is 16.7. The molecule has 4 aliphatic rings. The quantitative estimate of drug-likeness (QED) is 0.309. The Kier molecular flexibility index (Phi) is 8.91. The van der Waals surface area contributed by atoms with Crippen molar-refractivity contribution in [3.63, 3.8) is 0 Å². The Morgan fingerprint density at radius 1 is 1.04 bits per heavy atom. The molecule has 2 bridgehead atoms. The summed E-state index contributed by atoms with van der Waals surface area (Å²) in [5, 5.41) is 22.4. The average molecular weight is 660 g/mol. The molecule has 13 heteroatoms. The van der Waals surface area contributed by atoms with Gasteiger partial charge in [0.15, 0.2) is 12.2 Å². The Hall–Kier alpha value is -3.68. The van der Waals surface area contributed by atoms with Crippen LogP contribution in [0.25, 0.3) is 0 Å². The molecule has 258 valence electrons. The zero-order valence-corrected chi connectivity index (χ0v) is 28.2. The van der Waals surface area contributed by atoms with E-state index in [0.717, 1.165) is 11.1 Å². The van der Waals surface area contributed by atoms with Gasteiger partial charge in [-0.25, -0.2) is 14.4 Å². The number of aliphatic hydroxyl groups is 2. The van der Waals surface area contributed by atoms with E-state index in [0.29, 0.717) is 30.7 Å². The lowest BCUT2D eigenvalue weighted by Crippen LogP contribution is -2.74. The van der Waals surface area contributed by atoms with E-state index in [2.05, 4.69) is 4.90 Å². The number of likely N-dealkylation sites (tertiary alicyclic amines) is 1. The van der Waals surface area contributed by atoms with Crippen molar-refractivity contribution < 1.29 is 57.8 Å². The van der Waals surface area contributed by atoms with Crippen LogP contribution in [0.1, 0.15) is 84.4 Å². The number of likely N-dealkylation sites (N-methyl/N-ethyl adjacent to an activating group) is 1. The summed E-state index contributed by atoms with van der Waals surface area (Å²) >= 11 is 0. The summed E-state index contributed by atoms with van der Waals surface area (Å²) < 4.78 is 33.2. The van der Waals surface area contributed by atoms with Crippen molar-refractivity contribution in [2.75, 3.05) is 13.6 Å². The predicted octanol–water partition coefficient (Wildman–Crippen LogP) is 2.98. The maximum atomic E-state index is 13.4. The molecular weight excluding hydrogens is 614 g/mol. The van der Waals surface area contributed by atoms with E-state index in [1.165, 1.54) is 6.92 Å². The standard InChI is InChI=1S/C34H45NO12/c1-18(42-29(39)22(16-24(37)46-31(2,3)4)44-30(40)47-32(5,6)7)28(38)43-21-11-12-34(41)23-15-19-9-10-20(17-36)26-25(19)33(34,27(21)45-26)13-14-35(23)8/h9-11,18,22-23,27,36,41H,12-17H2,1-8H3/t18-,22-,23+,27-,33-,34+/m0/s1. The van der Waals surface area contributed by atoms with Gasteiger partial charge in [0, 0.05) is 23.6 Å². The molecule has 0 aromatic heterocycles. The maximum Gasteiger partial charge on any atom is 0.509 e. The summed E-state index contributed by atoms with van der Waals surface area (Å²) in [6, 6.07) is 3.56. The first kappa shape index (κ1) is 34.6. The molecule has 1 aromatic carbocycles. The highest BCUT2D eigenvalue weighted by Gasteiger charge is 2.72. The zero-order valence-electron chi connectivity index (χ0n) is 28.2. The van der Waals surface area contributed by atoms with Crippen molar-refractivity contribution in [3.8, 4) is 5.75 Å². The SMILES string of the molecule is C[C@H](OC(=O)[C@H](CC(=O)OC(C)(C)C)OC(=O)OC(C)(C)C)C(=O)OC1=CC[C@@]2(O)[C@H]3Cc4ccc(CO)c5c4[C@@]2(CCN3C)[C@H]1O5. The molecule has 2 aliphatic carbocycles. The Labute approximate surface area is 274 Å². The number of rotatable bonds is 8. The van der Waals surface area contributed by atoms with Crippen LogP contribution in [0.4, 0.5) is 4.79 Å². The number of carbonyl (C=O) groups excluding carboxylic acids is 4. The van der Waals surface area contributed by atoms with Crippen LogP contribution < -0.4 is 4.74 Å². The molecule has 1 saturated heterocycles. The van der Waals surface area contributed by atoms with Crippen molar-refractivity contribution >= 4 is 24.1 Å². The van der Waals surface area contributed by atoms with Crippen LogP contribution in [0.3, 0.4) is 0 Å². The highest BCUT2D eigenvalue weighted by molar-refractivity contribution is 5.86. The largest absolute Gasteiger partial charge is 0.509 e. The van der Waals surface area contributed by atoms with Crippen LogP contribution in [-0.4, -0.2) is 93.9 Å². The number of benzene rings is 1. The van der Waals surface area contributed by atoms with E-state index in [9.17, 15) is 29.4 Å². The summed E-state index contributed by atoms with van der Waals surface area (Å²) in [7, 11) is 1.98. The lowest BCUT2D eigenvalue weighted by atomic mass is 9.50. The molecule has 13 nitrogen and oxygen atoms in total. The first-order valence-electron chi connectivity index (χ1n) is 15.9. The summed E-state index contributed by atoms with van der Waals surface area (Å²) in [5.41, 5.74) is -1.55. The molecule has 5 rings (SSSR count). The molecule has 1 fully saturated rings. The number of hydrogen-bond donors (Lipinski definition) is 2. The molecule has 0 unspecified atom stereocenters.